The molecule has 0 spiro atoms. The zero-order valence-electron chi connectivity index (χ0n) is 27.8. The Morgan fingerprint density at radius 2 is 1.55 bits per heavy atom. The molecule has 2 unspecified atom stereocenters. The molecule has 4 aromatic heterocycles. The molecule has 1 N–H and O–H groups in total. The number of halogens is 1. The van der Waals surface area contributed by atoms with E-state index in [4.69, 9.17) is 20.5 Å². The number of nitrogens with zero attached hydrogens (tertiary/aromatic N) is 9. The van der Waals surface area contributed by atoms with E-state index in [0.29, 0.717) is 30.3 Å². The van der Waals surface area contributed by atoms with Crippen molar-refractivity contribution in [2.24, 2.45) is 10.2 Å². The Morgan fingerprint density at radius 1 is 0.961 bits per heavy atom. The average molecular weight is 949 g/mol. The van der Waals surface area contributed by atoms with Crippen molar-refractivity contribution >= 4 is 115 Å². The molecule has 277 valence electrons. The fourth-order valence-electron chi connectivity index (χ4n) is 2.46. The van der Waals surface area contributed by atoms with Gasteiger partial charge in [0.25, 0.3) is 0 Å². The maximum Gasteiger partial charge on any atom is 0.354 e. The zero-order chi connectivity index (χ0) is 38.0. The van der Waals surface area contributed by atoms with Crippen molar-refractivity contribution in [3.8, 4) is 0 Å². The van der Waals surface area contributed by atoms with Gasteiger partial charge in [0.2, 0.25) is 0 Å². The molecular weight excluding hydrogens is 912 g/mol. The maximum atomic E-state index is 11.3. The van der Waals surface area contributed by atoms with Gasteiger partial charge < -0.3 is 41.8 Å². The van der Waals surface area contributed by atoms with Gasteiger partial charge in [-0.1, -0.05) is 17.2 Å². The summed E-state index contributed by atoms with van der Waals surface area (Å²) in [4.78, 5) is 63.1. The van der Waals surface area contributed by atoms with Crippen LogP contribution in [0.4, 0.5) is 0 Å². The number of aldehydes is 1. The molecule has 0 aromatic carbocycles. The van der Waals surface area contributed by atoms with Crippen molar-refractivity contribution < 1.29 is 51.9 Å². The van der Waals surface area contributed by atoms with Crippen LogP contribution in [0.5, 0.6) is 0 Å². The first kappa shape index (κ1) is 52.4. The molecule has 0 aliphatic heterocycles. The Kier molecular flexibility index (Phi) is 37.8. The van der Waals surface area contributed by atoms with E-state index in [1.807, 2.05) is 0 Å². The summed E-state index contributed by atoms with van der Waals surface area (Å²) in [5.74, 6) is -1.47. The van der Waals surface area contributed by atoms with Gasteiger partial charge in [0.05, 0.1) is 42.0 Å². The van der Waals surface area contributed by atoms with Gasteiger partial charge in [-0.2, -0.15) is 6.42 Å². The quantitative estimate of drug-likeness (QED) is 0.0143. The van der Waals surface area contributed by atoms with Gasteiger partial charge in [0.15, 0.2) is 6.29 Å². The molecule has 24 heteroatoms. The Labute approximate surface area is 336 Å². The minimum Gasteiger partial charge on any atom is -0.466 e. The molecule has 4 rings (SSSR count). The summed E-state index contributed by atoms with van der Waals surface area (Å²) >= 11 is 6.50. The third kappa shape index (κ3) is 26.5. The minimum absolute atomic E-state index is 0. The number of aromatic nitrogens is 4. The van der Waals surface area contributed by atoms with E-state index in [0.717, 1.165) is 16.6 Å². The van der Waals surface area contributed by atoms with Gasteiger partial charge in [0.1, 0.15) is 34.0 Å². The monoisotopic (exact) mass is 948 g/mol. The van der Waals surface area contributed by atoms with E-state index in [2.05, 4.69) is 96.5 Å². The number of hydrogen-bond acceptors (Lipinski definition) is 15. The van der Waals surface area contributed by atoms with Gasteiger partial charge in [0, 0.05) is 39.1 Å². The third-order valence-corrected chi connectivity index (χ3v) is 7.14. The van der Waals surface area contributed by atoms with Crippen LogP contribution in [-0.4, -0.2) is 70.5 Å². The van der Waals surface area contributed by atoms with Crippen LogP contribution in [0, 0.1) is 4.43 Å². The summed E-state index contributed by atoms with van der Waals surface area (Å²) in [6.45, 7) is 7.98. The van der Waals surface area contributed by atoms with E-state index in [1.54, 1.807) is 54.1 Å². The van der Waals surface area contributed by atoms with Crippen LogP contribution in [0.2, 0.25) is 0 Å². The number of carbonyl (C=O) groups excluding carboxylic acids is 4. The number of fused-ring (bicyclic) bond motifs is 1. The van der Waals surface area contributed by atoms with Gasteiger partial charge >= 0.3 is 17.9 Å². The number of rotatable bonds is 11. The fourth-order valence-corrected chi connectivity index (χ4v) is 4.14. The van der Waals surface area contributed by atoms with E-state index in [-0.39, 0.29) is 43.4 Å². The van der Waals surface area contributed by atoms with Gasteiger partial charge in [-0.15, -0.1) is 51.9 Å². The van der Waals surface area contributed by atoms with E-state index < -0.39 is 11.9 Å². The summed E-state index contributed by atoms with van der Waals surface area (Å²) in [6, 6.07) is 1.70. The first-order valence-corrected chi connectivity index (χ1v) is 20.6. The zero-order valence-corrected chi connectivity index (χ0v) is 36.1. The molecule has 2 atom stereocenters. The molecule has 51 heavy (non-hydrogen) atoms. The van der Waals surface area contributed by atoms with Crippen molar-refractivity contribution in [1.29, 1.82) is 0 Å². The summed E-state index contributed by atoms with van der Waals surface area (Å²) in [5.41, 5.74) is 23.3. The molecule has 0 bridgehead atoms. The van der Waals surface area contributed by atoms with Crippen LogP contribution in [-0.2, 0) is 42.4 Å². The molecule has 17 nitrogen and oxygen atoms in total. The number of H-pyrrole nitrogens is 1. The number of thiazole rings is 3. The molecule has 0 aliphatic rings. The molecule has 1 radical (unpaired) electrons. The van der Waals surface area contributed by atoms with Crippen molar-refractivity contribution in [2.45, 2.75) is 34.1 Å². The Hall–Kier alpha value is -2.96. The van der Waals surface area contributed by atoms with E-state index in [9.17, 15) is 19.2 Å². The van der Waals surface area contributed by atoms with Crippen molar-refractivity contribution in [2.75, 3.05) is 26.4 Å². The second-order valence-electron chi connectivity index (χ2n) is 7.61. The van der Waals surface area contributed by atoms with Crippen LogP contribution in [0.25, 0.3) is 37.3 Å². The standard InChI is InChI=1S/C8H8N4O2S.C8H8N2O2S.C4H7N3O2.C4H3NOS.C3H6I.H4P2.V/c1-2-14-8(13)7(11-12-9)3-6-4-15-5-10-6;1-2-12-8(11)6-3-5-7(10-6)13-4-9-5;1-2-9-4(8)3-6-7-5;6-1-4-2-7-3-5-4;1-2-3-4;1-2;/h3-5H,2H2,1H3;3-4,10H,2H2,1H3;2-3H2,1H3;1-3H;3H,2H2,1H3;1-2H2;/q;;;;-1;;/b7-3-;;;;;;. The topological polar surface area (TPSA) is 248 Å². The SMILES string of the molecule is CCOC(=O)/C(=C/c1cscn1)N=[N+]=[N-].CCOC(=O)CN=[N+]=[N-].CCOC(=O)c1cc2ncsc2[nH]1.CC[CH-]I.O=Cc1cscn1.PP.[V]. The molecule has 0 amide bonds. The molecular formula is C27H36IN10O7P2S3V-. The van der Waals surface area contributed by atoms with Crippen LogP contribution in [0.3, 0.4) is 0 Å². The number of hydrogen-bond donors (Lipinski definition) is 1. The first-order chi connectivity index (χ1) is 24.2. The molecule has 4 heterocycles. The molecule has 4 aromatic rings. The van der Waals surface area contributed by atoms with Crippen LogP contribution in [0.15, 0.2) is 49.3 Å². The van der Waals surface area contributed by atoms with E-state index in [1.165, 1.54) is 46.5 Å². The predicted molar refractivity (Wildman–Crippen MR) is 212 cm³/mol. The number of azide groups is 2. The molecule has 0 saturated carbocycles. The normalized spacial score (nSPS) is 9.04. The summed E-state index contributed by atoms with van der Waals surface area (Å²) in [7, 11) is 4.67. The molecule has 0 fully saturated rings. The Morgan fingerprint density at radius 3 is 1.98 bits per heavy atom. The van der Waals surface area contributed by atoms with Crippen LogP contribution >= 0.6 is 74.5 Å². The summed E-state index contributed by atoms with van der Waals surface area (Å²) in [5, 5.41) is 9.68. The minimum atomic E-state index is -0.650. The third-order valence-electron chi connectivity index (χ3n) is 4.29. The summed E-state index contributed by atoms with van der Waals surface area (Å²) in [6.07, 6.45) is 3.30. The Balaban J connectivity index is -0.000000585. The number of esters is 3. The van der Waals surface area contributed by atoms with E-state index >= 15 is 0 Å². The molecule has 0 aliphatic carbocycles. The van der Waals surface area contributed by atoms with Gasteiger partial charge in [-0.3, -0.25) is 14.0 Å². The number of ether oxygens (including phenoxy) is 3. The number of aromatic amines is 1. The second kappa shape index (κ2) is 36.8. The first-order valence-electron chi connectivity index (χ1n) is 13.9. The average Bonchev–Trinajstić information content (AvgIpc) is 3.96. The van der Waals surface area contributed by atoms with Crippen molar-refractivity contribution in [1.82, 2.24) is 19.9 Å². The summed E-state index contributed by atoms with van der Waals surface area (Å²) < 4.78 is 16.1. The largest absolute Gasteiger partial charge is 0.466 e. The fraction of sp³-hybridized carbons (Fsp3) is 0.333. The predicted octanol–water partition coefficient (Wildman–Crippen LogP) is 8.62. The van der Waals surface area contributed by atoms with Crippen molar-refractivity contribution in [3.05, 3.63) is 81.5 Å². The van der Waals surface area contributed by atoms with Crippen LogP contribution < -0.4 is 0 Å². The maximum absolute atomic E-state index is 11.3. The van der Waals surface area contributed by atoms with Gasteiger partial charge in [-0.25, -0.2) is 24.5 Å². The van der Waals surface area contributed by atoms with Crippen molar-refractivity contribution in [3.63, 3.8) is 0 Å². The number of nitrogens with one attached hydrogen (secondary N) is 1. The van der Waals surface area contributed by atoms with Crippen LogP contribution in [0.1, 0.15) is 60.8 Å². The Bertz CT molecular complexity index is 1600. The van der Waals surface area contributed by atoms with Gasteiger partial charge in [-0.05, 0) is 44.0 Å². The smallest absolute Gasteiger partial charge is 0.354 e. The number of carbonyl (C=O) groups is 4. The second-order valence-corrected chi connectivity index (χ2v) is 10.8. The molecule has 0 saturated heterocycles.